The molecule has 0 spiro atoms. The molecule has 2 aromatic rings. The van der Waals surface area contributed by atoms with Gasteiger partial charge in [0.2, 0.25) is 11.8 Å². The van der Waals surface area contributed by atoms with Crippen molar-refractivity contribution in [2.75, 3.05) is 6.54 Å². The second-order valence-corrected chi connectivity index (χ2v) is 12.2. The molecule has 44 heavy (non-hydrogen) atoms. The predicted molar refractivity (Wildman–Crippen MR) is 172 cm³/mol. The SMILES string of the molecule is Cc1ccc(C[C@H]2NC(=O)/C=C/CC([C@H](C)/C=C/c3ccccc3)OC(=O)[C@H](CC(C)C)OC(=O)[C@H](C)CNC2=O)cc1Cl. The fourth-order valence-corrected chi connectivity index (χ4v) is 4.82. The third-order valence-electron chi connectivity index (χ3n) is 7.38. The Hall–Kier alpha value is -3.91. The van der Waals surface area contributed by atoms with Crippen molar-refractivity contribution >= 4 is 41.4 Å². The van der Waals surface area contributed by atoms with Gasteiger partial charge in [-0.25, -0.2) is 4.79 Å². The Morgan fingerprint density at radius 1 is 1.00 bits per heavy atom. The summed E-state index contributed by atoms with van der Waals surface area (Å²) in [6.45, 7) is 9.22. The number of cyclic esters (lactones) is 2. The molecule has 3 rings (SSSR count). The van der Waals surface area contributed by atoms with Crippen LogP contribution in [-0.2, 0) is 35.1 Å². The second-order valence-electron chi connectivity index (χ2n) is 11.8. The summed E-state index contributed by atoms with van der Waals surface area (Å²) in [7, 11) is 0. The average molecular weight is 623 g/mol. The van der Waals surface area contributed by atoms with Crippen LogP contribution in [0.3, 0.4) is 0 Å². The summed E-state index contributed by atoms with van der Waals surface area (Å²) in [6.07, 6.45) is 5.81. The van der Waals surface area contributed by atoms with Crippen molar-refractivity contribution in [3.05, 3.63) is 88.5 Å². The van der Waals surface area contributed by atoms with Crippen molar-refractivity contribution in [2.24, 2.45) is 17.8 Å². The Labute approximate surface area is 265 Å². The minimum Gasteiger partial charge on any atom is -0.459 e. The maximum absolute atomic E-state index is 13.4. The van der Waals surface area contributed by atoms with E-state index in [1.807, 2.05) is 82.3 Å². The van der Waals surface area contributed by atoms with E-state index in [4.69, 9.17) is 21.1 Å². The van der Waals surface area contributed by atoms with Crippen LogP contribution in [0.5, 0.6) is 0 Å². The van der Waals surface area contributed by atoms with E-state index >= 15 is 0 Å². The molecule has 1 aliphatic rings. The van der Waals surface area contributed by atoms with Gasteiger partial charge < -0.3 is 20.1 Å². The van der Waals surface area contributed by atoms with Gasteiger partial charge in [0.15, 0.2) is 6.10 Å². The molecule has 2 N–H and O–H groups in total. The van der Waals surface area contributed by atoms with Crippen LogP contribution in [0.25, 0.3) is 6.08 Å². The number of esters is 2. The molecule has 9 heteroatoms. The highest BCUT2D eigenvalue weighted by molar-refractivity contribution is 6.31. The Morgan fingerprint density at radius 3 is 2.41 bits per heavy atom. The zero-order valence-corrected chi connectivity index (χ0v) is 26.8. The number of carbonyl (C=O) groups excluding carboxylic acids is 4. The Bertz CT molecular complexity index is 1360. The van der Waals surface area contributed by atoms with Crippen LogP contribution in [0.15, 0.2) is 66.8 Å². The molecule has 0 radical (unpaired) electrons. The highest BCUT2D eigenvalue weighted by Crippen LogP contribution is 2.21. The number of ether oxygens (including phenoxy) is 2. The van der Waals surface area contributed by atoms with Crippen molar-refractivity contribution in [3.63, 3.8) is 0 Å². The van der Waals surface area contributed by atoms with Gasteiger partial charge in [0.05, 0.1) is 5.92 Å². The normalized spacial score (nSPS) is 23.9. The van der Waals surface area contributed by atoms with Crippen molar-refractivity contribution in [1.82, 2.24) is 10.6 Å². The van der Waals surface area contributed by atoms with E-state index < -0.39 is 47.9 Å². The maximum Gasteiger partial charge on any atom is 0.347 e. The van der Waals surface area contributed by atoms with Crippen molar-refractivity contribution in [1.29, 1.82) is 0 Å². The van der Waals surface area contributed by atoms with E-state index in [1.54, 1.807) is 19.1 Å². The van der Waals surface area contributed by atoms with E-state index in [-0.39, 0.29) is 37.6 Å². The van der Waals surface area contributed by atoms with Gasteiger partial charge in [-0.2, -0.15) is 0 Å². The molecule has 2 amide bonds. The Kier molecular flexibility index (Phi) is 13.2. The van der Waals surface area contributed by atoms with E-state index in [1.165, 1.54) is 6.08 Å². The quantitative estimate of drug-likeness (QED) is 0.389. The molecule has 1 heterocycles. The smallest absolute Gasteiger partial charge is 0.347 e. The van der Waals surface area contributed by atoms with Crippen LogP contribution in [0.4, 0.5) is 0 Å². The second kappa shape index (κ2) is 16.8. The van der Waals surface area contributed by atoms with Gasteiger partial charge in [0.1, 0.15) is 12.1 Å². The number of benzene rings is 2. The number of nitrogens with one attached hydrogen (secondary N) is 2. The van der Waals surface area contributed by atoms with E-state index in [0.29, 0.717) is 5.02 Å². The molecule has 0 saturated carbocycles. The largest absolute Gasteiger partial charge is 0.459 e. The predicted octanol–water partition coefficient (Wildman–Crippen LogP) is 5.61. The molecule has 0 aromatic heterocycles. The maximum atomic E-state index is 13.4. The first-order chi connectivity index (χ1) is 20.9. The lowest BCUT2D eigenvalue weighted by atomic mass is 9.99. The average Bonchev–Trinajstić information content (AvgIpc) is 2.98. The number of aryl methyl sites for hydroxylation is 1. The molecule has 0 bridgehead atoms. The van der Waals surface area contributed by atoms with Crippen LogP contribution < -0.4 is 10.6 Å². The minimum atomic E-state index is -1.10. The molecule has 1 aliphatic heterocycles. The lowest BCUT2D eigenvalue weighted by molar-refractivity contribution is -0.175. The number of hydrogen-bond acceptors (Lipinski definition) is 6. The Balaban J connectivity index is 1.89. The van der Waals surface area contributed by atoms with Crippen molar-refractivity contribution < 1.29 is 28.7 Å². The van der Waals surface area contributed by atoms with Crippen molar-refractivity contribution in [3.8, 4) is 0 Å². The van der Waals surface area contributed by atoms with Crippen LogP contribution in [0.1, 0.15) is 57.2 Å². The number of amides is 2. The minimum absolute atomic E-state index is 0.0398. The summed E-state index contributed by atoms with van der Waals surface area (Å²) < 4.78 is 11.6. The van der Waals surface area contributed by atoms with Gasteiger partial charge in [-0.15, -0.1) is 0 Å². The fraction of sp³-hybridized carbons (Fsp3) is 0.429. The molecule has 0 saturated heterocycles. The zero-order chi connectivity index (χ0) is 32.2. The molecular weight excluding hydrogens is 580 g/mol. The first-order valence-electron chi connectivity index (χ1n) is 15.1. The summed E-state index contributed by atoms with van der Waals surface area (Å²) in [4.78, 5) is 52.6. The lowest BCUT2D eigenvalue weighted by Crippen LogP contribution is -2.49. The van der Waals surface area contributed by atoms with Gasteiger partial charge in [0.25, 0.3) is 0 Å². The van der Waals surface area contributed by atoms with Crippen LogP contribution in [-0.4, -0.2) is 48.5 Å². The van der Waals surface area contributed by atoms with Crippen LogP contribution in [0, 0.1) is 24.7 Å². The highest BCUT2D eigenvalue weighted by atomic mass is 35.5. The summed E-state index contributed by atoms with van der Waals surface area (Å²) in [6, 6.07) is 14.3. The first-order valence-corrected chi connectivity index (χ1v) is 15.4. The number of carbonyl (C=O) groups is 4. The number of rotatable bonds is 7. The van der Waals surface area contributed by atoms with Crippen LogP contribution >= 0.6 is 11.6 Å². The van der Waals surface area contributed by atoms with E-state index in [2.05, 4.69) is 10.6 Å². The van der Waals surface area contributed by atoms with Gasteiger partial charge in [-0.05, 0) is 48.1 Å². The van der Waals surface area contributed by atoms with Gasteiger partial charge in [-0.1, -0.05) is 100.0 Å². The first kappa shape index (κ1) is 34.6. The Morgan fingerprint density at radius 2 is 1.73 bits per heavy atom. The lowest BCUT2D eigenvalue weighted by Gasteiger charge is -2.26. The highest BCUT2D eigenvalue weighted by Gasteiger charge is 2.31. The van der Waals surface area contributed by atoms with Crippen LogP contribution in [0.2, 0.25) is 5.02 Å². The molecule has 8 nitrogen and oxygen atoms in total. The molecule has 236 valence electrons. The number of halogens is 1. The molecule has 1 unspecified atom stereocenters. The third-order valence-corrected chi connectivity index (χ3v) is 7.79. The topological polar surface area (TPSA) is 111 Å². The number of hydrogen-bond donors (Lipinski definition) is 2. The van der Waals surface area contributed by atoms with Gasteiger partial charge >= 0.3 is 11.9 Å². The summed E-state index contributed by atoms with van der Waals surface area (Å²) in [5.41, 5.74) is 2.67. The summed E-state index contributed by atoms with van der Waals surface area (Å²) in [5.74, 6) is -3.12. The molecule has 0 fully saturated rings. The van der Waals surface area contributed by atoms with Crippen molar-refractivity contribution in [2.45, 2.75) is 72.1 Å². The van der Waals surface area contributed by atoms with E-state index in [9.17, 15) is 19.2 Å². The summed E-state index contributed by atoms with van der Waals surface area (Å²) >= 11 is 6.30. The fourth-order valence-electron chi connectivity index (χ4n) is 4.62. The molecule has 0 aliphatic carbocycles. The zero-order valence-electron chi connectivity index (χ0n) is 26.0. The third kappa shape index (κ3) is 11.0. The van der Waals surface area contributed by atoms with E-state index in [0.717, 1.165) is 16.7 Å². The molecular formula is C35H43ClN2O6. The van der Waals surface area contributed by atoms with Gasteiger partial charge in [-0.3, -0.25) is 14.4 Å². The molecule has 2 aromatic carbocycles. The molecule has 5 atom stereocenters. The van der Waals surface area contributed by atoms with Gasteiger partial charge in [0, 0.05) is 30.3 Å². The standard InChI is InChI=1S/C35H43ClN2O6/c1-22(2)18-31-35(42)43-30(24(4)15-16-26-10-7-6-8-11-26)12-9-13-32(39)38-29(20-27-17-14-23(3)28(36)19-27)33(40)37-21-25(5)34(41)44-31/h6-11,13-17,19,22,24-25,29-31H,12,18,20-21H2,1-5H3,(H,37,40)(H,38,39)/b13-9+,16-15+/t24-,25-,29-,30?,31+/m1/s1. The summed E-state index contributed by atoms with van der Waals surface area (Å²) in [5, 5.41) is 6.07. The monoisotopic (exact) mass is 622 g/mol.